The number of nitrogens with zero attached hydrogens (tertiary/aromatic N) is 5. The lowest BCUT2D eigenvalue weighted by Gasteiger charge is -2.33. The second-order valence-electron chi connectivity index (χ2n) is 9.57. The van der Waals surface area contributed by atoms with Crippen molar-refractivity contribution in [3.63, 3.8) is 0 Å². The molecule has 0 spiro atoms. The molecule has 0 bridgehead atoms. The van der Waals surface area contributed by atoms with Gasteiger partial charge >= 0.3 is 0 Å². The predicted molar refractivity (Wildman–Crippen MR) is 132 cm³/mol. The molecular weight excluding hydrogens is 495 g/mol. The Labute approximate surface area is 219 Å². The highest BCUT2D eigenvalue weighted by Crippen LogP contribution is 2.26. The van der Waals surface area contributed by atoms with Gasteiger partial charge in [-0.3, -0.25) is 9.59 Å². The van der Waals surface area contributed by atoms with Gasteiger partial charge in [-0.1, -0.05) is 12.1 Å². The molecule has 2 aromatic heterocycles. The first-order valence-electron chi connectivity index (χ1n) is 12.9. The maximum absolute atomic E-state index is 13.8. The van der Waals surface area contributed by atoms with Gasteiger partial charge in [0, 0.05) is 26.3 Å². The Morgan fingerprint density at radius 1 is 1.11 bits per heavy atom. The summed E-state index contributed by atoms with van der Waals surface area (Å²) in [4.78, 5) is 30.0. The van der Waals surface area contributed by atoms with E-state index in [-0.39, 0.29) is 37.0 Å². The summed E-state index contributed by atoms with van der Waals surface area (Å²) in [5, 5.41) is 15.2. The van der Waals surface area contributed by atoms with Crippen LogP contribution in [0.25, 0.3) is 11.6 Å². The molecule has 5 rings (SSSR count). The fraction of sp³-hybridized carbons (Fsp3) is 0.500. The summed E-state index contributed by atoms with van der Waals surface area (Å²) < 4.78 is 30.8. The van der Waals surface area contributed by atoms with Crippen molar-refractivity contribution in [3.8, 4) is 11.6 Å². The number of hydrogen-bond donors (Lipinski definition) is 1. The second kappa shape index (κ2) is 11.8. The highest BCUT2D eigenvalue weighted by molar-refractivity contribution is 5.88. The van der Waals surface area contributed by atoms with Crippen LogP contribution in [0.1, 0.15) is 43.0 Å². The number of aromatic nitrogens is 4. The molecule has 1 aromatic carbocycles. The molecule has 2 aliphatic heterocycles. The van der Waals surface area contributed by atoms with Gasteiger partial charge in [0.2, 0.25) is 17.6 Å². The van der Waals surface area contributed by atoms with Gasteiger partial charge in [0.25, 0.3) is 0 Å². The number of amides is 2. The lowest BCUT2D eigenvalue weighted by atomic mass is 10.0. The molecule has 0 radical (unpaired) electrons. The van der Waals surface area contributed by atoms with Crippen LogP contribution < -0.4 is 5.32 Å². The lowest BCUT2D eigenvalue weighted by molar-refractivity contribution is -0.143. The van der Waals surface area contributed by atoms with Gasteiger partial charge in [-0.2, -0.15) is 4.80 Å². The van der Waals surface area contributed by atoms with E-state index in [9.17, 15) is 14.0 Å². The molecule has 3 aromatic rings. The standard InChI is InChI=1S/C26H31FN6O5/c1-17-6-11-22(38-17)25-29-31-33(30-25)16-23(34)32(15-21-5-3-13-37-21)24(18-7-9-19(27)10-8-18)26(35)28-14-20-4-2-12-36-20/h6-11,20-21,24H,2-5,12-16H2,1H3,(H,28,35)/t20-,21+,24+/m1/s1. The number of nitrogens with one attached hydrogen (secondary N) is 1. The summed E-state index contributed by atoms with van der Waals surface area (Å²) in [5.41, 5.74) is 0.487. The Balaban J connectivity index is 1.40. The Kier molecular flexibility index (Phi) is 8.08. The molecule has 4 heterocycles. The number of ether oxygens (including phenoxy) is 2. The molecular formula is C26H31FN6O5. The van der Waals surface area contributed by atoms with E-state index in [0.717, 1.165) is 25.7 Å². The van der Waals surface area contributed by atoms with Crippen molar-refractivity contribution in [2.24, 2.45) is 0 Å². The number of aryl methyl sites for hydroxylation is 1. The van der Waals surface area contributed by atoms with Crippen LogP contribution in [0.3, 0.4) is 0 Å². The number of benzene rings is 1. The summed E-state index contributed by atoms with van der Waals surface area (Å²) in [6, 6.07) is 8.10. The minimum atomic E-state index is -1.01. The van der Waals surface area contributed by atoms with Crippen molar-refractivity contribution in [3.05, 3.63) is 53.5 Å². The van der Waals surface area contributed by atoms with Gasteiger partial charge < -0.3 is 24.1 Å². The van der Waals surface area contributed by atoms with E-state index in [1.807, 2.05) is 0 Å². The van der Waals surface area contributed by atoms with Gasteiger partial charge in [-0.05, 0) is 67.6 Å². The van der Waals surface area contributed by atoms with Gasteiger partial charge in [0.1, 0.15) is 24.2 Å². The maximum Gasteiger partial charge on any atom is 0.247 e. The Bertz CT molecular complexity index is 1230. The number of tetrazole rings is 1. The minimum absolute atomic E-state index is 0.0712. The molecule has 3 atom stereocenters. The van der Waals surface area contributed by atoms with E-state index >= 15 is 0 Å². The summed E-state index contributed by atoms with van der Waals surface area (Å²) in [5.74, 6) is 0.178. The lowest BCUT2D eigenvalue weighted by Crippen LogP contribution is -2.48. The van der Waals surface area contributed by atoms with Crippen LogP contribution >= 0.6 is 0 Å². The van der Waals surface area contributed by atoms with Gasteiger partial charge in [-0.15, -0.1) is 10.2 Å². The quantitative estimate of drug-likeness (QED) is 0.427. The van der Waals surface area contributed by atoms with Crippen molar-refractivity contribution >= 4 is 11.8 Å². The topological polar surface area (TPSA) is 125 Å². The monoisotopic (exact) mass is 526 g/mol. The first kappa shape index (κ1) is 26.0. The van der Waals surface area contributed by atoms with Crippen LogP contribution in [-0.4, -0.2) is 75.4 Å². The molecule has 38 heavy (non-hydrogen) atoms. The fourth-order valence-electron chi connectivity index (χ4n) is 4.77. The van der Waals surface area contributed by atoms with E-state index in [2.05, 4.69) is 20.7 Å². The zero-order valence-corrected chi connectivity index (χ0v) is 21.2. The maximum atomic E-state index is 13.8. The van der Waals surface area contributed by atoms with Crippen molar-refractivity contribution < 1.29 is 27.9 Å². The average Bonchev–Trinajstić information content (AvgIpc) is 3.72. The molecule has 12 heteroatoms. The highest BCUT2D eigenvalue weighted by Gasteiger charge is 2.35. The summed E-state index contributed by atoms with van der Waals surface area (Å²) in [6.07, 6.45) is 3.14. The zero-order chi connectivity index (χ0) is 26.5. The Hall–Kier alpha value is -3.64. The minimum Gasteiger partial charge on any atom is -0.458 e. The zero-order valence-electron chi connectivity index (χ0n) is 21.2. The summed E-state index contributed by atoms with van der Waals surface area (Å²) in [7, 11) is 0. The molecule has 2 fully saturated rings. The number of hydrogen-bond acceptors (Lipinski definition) is 8. The smallest absolute Gasteiger partial charge is 0.247 e. The normalized spacial score (nSPS) is 19.9. The second-order valence-corrected chi connectivity index (χ2v) is 9.57. The molecule has 202 valence electrons. The Morgan fingerprint density at radius 3 is 2.50 bits per heavy atom. The van der Waals surface area contributed by atoms with E-state index in [0.29, 0.717) is 36.8 Å². The first-order valence-corrected chi connectivity index (χ1v) is 12.9. The molecule has 2 aliphatic rings. The number of halogens is 1. The predicted octanol–water partition coefficient (Wildman–Crippen LogP) is 2.42. The molecule has 11 nitrogen and oxygen atoms in total. The third-order valence-electron chi connectivity index (χ3n) is 6.71. The molecule has 2 amide bonds. The highest BCUT2D eigenvalue weighted by atomic mass is 19.1. The van der Waals surface area contributed by atoms with Crippen LogP contribution in [0.4, 0.5) is 4.39 Å². The van der Waals surface area contributed by atoms with Gasteiger partial charge in [-0.25, -0.2) is 4.39 Å². The van der Waals surface area contributed by atoms with Crippen molar-refractivity contribution in [2.75, 3.05) is 26.3 Å². The average molecular weight is 527 g/mol. The van der Waals surface area contributed by atoms with Crippen LogP contribution in [0.15, 0.2) is 40.8 Å². The Morgan fingerprint density at radius 2 is 1.84 bits per heavy atom. The third kappa shape index (κ3) is 6.25. The van der Waals surface area contributed by atoms with E-state index in [4.69, 9.17) is 13.9 Å². The van der Waals surface area contributed by atoms with E-state index in [1.54, 1.807) is 19.1 Å². The largest absolute Gasteiger partial charge is 0.458 e. The van der Waals surface area contributed by atoms with Crippen LogP contribution in [0, 0.1) is 12.7 Å². The third-order valence-corrected chi connectivity index (χ3v) is 6.71. The van der Waals surface area contributed by atoms with Gasteiger partial charge in [0.15, 0.2) is 5.76 Å². The number of carbonyl (C=O) groups is 2. The van der Waals surface area contributed by atoms with Crippen molar-refractivity contribution in [2.45, 2.75) is 57.4 Å². The van der Waals surface area contributed by atoms with Crippen LogP contribution in [0.2, 0.25) is 0 Å². The van der Waals surface area contributed by atoms with Crippen LogP contribution in [-0.2, 0) is 25.6 Å². The fourth-order valence-corrected chi connectivity index (χ4v) is 4.77. The molecule has 0 saturated carbocycles. The summed E-state index contributed by atoms with van der Waals surface area (Å²) >= 11 is 0. The van der Waals surface area contributed by atoms with Crippen molar-refractivity contribution in [1.82, 2.24) is 30.4 Å². The van der Waals surface area contributed by atoms with E-state index < -0.39 is 17.8 Å². The van der Waals surface area contributed by atoms with E-state index in [1.165, 1.54) is 34.0 Å². The number of rotatable bonds is 10. The SMILES string of the molecule is Cc1ccc(-c2nnn(CC(=O)N(C[C@@H]3CCCO3)[C@H](C(=O)NC[C@H]3CCCO3)c3ccc(F)cc3)n2)o1. The summed E-state index contributed by atoms with van der Waals surface area (Å²) in [6.45, 7) is 3.32. The van der Waals surface area contributed by atoms with Crippen molar-refractivity contribution in [1.29, 1.82) is 0 Å². The molecule has 1 N–H and O–H groups in total. The van der Waals surface area contributed by atoms with Crippen LogP contribution in [0.5, 0.6) is 0 Å². The molecule has 0 aliphatic carbocycles. The molecule has 2 saturated heterocycles. The number of carbonyl (C=O) groups excluding carboxylic acids is 2. The first-order chi connectivity index (χ1) is 18.5. The molecule has 0 unspecified atom stereocenters. The number of furan rings is 1. The van der Waals surface area contributed by atoms with Gasteiger partial charge in [0.05, 0.1) is 12.2 Å².